The molecule has 1 aromatic heterocycles. The standard InChI is InChI=1S/C17H24N4O2S/c1-12(2)16-19-20-17(21(16)9-10-23-4)24-11-15(22)18-14-7-5-13(3)6-8-14/h5-8,12H,9-11H2,1-4H3,(H,18,22). The van der Waals surface area contributed by atoms with Gasteiger partial charge in [-0.1, -0.05) is 43.3 Å². The largest absolute Gasteiger partial charge is 0.383 e. The van der Waals surface area contributed by atoms with E-state index in [1.165, 1.54) is 11.8 Å². The number of anilines is 1. The molecular weight excluding hydrogens is 324 g/mol. The van der Waals surface area contributed by atoms with E-state index in [9.17, 15) is 4.79 Å². The van der Waals surface area contributed by atoms with Crippen LogP contribution in [0.1, 0.15) is 31.2 Å². The Bertz CT molecular complexity index is 668. The molecule has 2 rings (SSSR count). The Morgan fingerprint density at radius 3 is 2.62 bits per heavy atom. The van der Waals surface area contributed by atoms with Crippen LogP contribution < -0.4 is 5.32 Å². The average molecular weight is 348 g/mol. The van der Waals surface area contributed by atoms with Crippen LogP contribution in [-0.2, 0) is 16.1 Å². The number of methoxy groups -OCH3 is 1. The van der Waals surface area contributed by atoms with Crippen molar-refractivity contribution in [1.29, 1.82) is 0 Å². The summed E-state index contributed by atoms with van der Waals surface area (Å²) < 4.78 is 7.18. The topological polar surface area (TPSA) is 69.0 Å². The van der Waals surface area contributed by atoms with Crippen LogP contribution in [0.15, 0.2) is 29.4 Å². The van der Waals surface area contributed by atoms with Crippen molar-refractivity contribution in [3.05, 3.63) is 35.7 Å². The molecule has 1 heterocycles. The van der Waals surface area contributed by atoms with Crippen LogP contribution in [-0.4, -0.2) is 40.1 Å². The molecule has 0 spiro atoms. The Labute approximate surface area is 147 Å². The molecule has 0 fully saturated rings. The average Bonchev–Trinajstić information content (AvgIpc) is 2.96. The number of rotatable bonds is 8. The second-order valence-electron chi connectivity index (χ2n) is 5.84. The predicted octanol–water partition coefficient (Wildman–Crippen LogP) is 3.09. The molecule has 0 saturated heterocycles. The lowest BCUT2D eigenvalue weighted by molar-refractivity contribution is -0.113. The highest BCUT2D eigenvalue weighted by atomic mass is 32.2. The number of thioether (sulfide) groups is 1. The van der Waals surface area contributed by atoms with Gasteiger partial charge in [0.1, 0.15) is 5.82 Å². The van der Waals surface area contributed by atoms with Gasteiger partial charge in [0.05, 0.1) is 12.4 Å². The van der Waals surface area contributed by atoms with Crippen molar-refractivity contribution in [3.63, 3.8) is 0 Å². The number of nitrogens with one attached hydrogen (secondary N) is 1. The minimum atomic E-state index is -0.0590. The summed E-state index contributed by atoms with van der Waals surface area (Å²) in [4.78, 5) is 12.1. The van der Waals surface area contributed by atoms with E-state index < -0.39 is 0 Å². The Balaban J connectivity index is 1.97. The van der Waals surface area contributed by atoms with E-state index in [0.29, 0.717) is 13.2 Å². The zero-order valence-corrected chi connectivity index (χ0v) is 15.4. The minimum absolute atomic E-state index is 0.0590. The summed E-state index contributed by atoms with van der Waals surface area (Å²) in [6.45, 7) is 7.43. The van der Waals surface area contributed by atoms with Crippen LogP contribution in [0.2, 0.25) is 0 Å². The van der Waals surface area contributed by atoms with E-state index in [-0.39, 0.29) is 17.6 Å². The van der Waals surface area contributed by atoms with E-state index in [1.807, 2.05) is 35.8 Å². The maximum Gasteiger partial charge on any atom is 0.234 e. The number of carbonyl (C=O) groups excluding carboxylic acids is 1. The lowest BCUT2D eigenvalue weighted by Crippen LogP contribution is -2.15. The van der Waals surface area contributed by atoms with E-state index in [1.54, 1.807) is 7.11 Å². The Morgan fingerprint density at radius 2 is 2.00 bits per heavy atom. The summed E-state index contributed by atoms with van der Waals surface area (Å²) in [6.07, 6.45) is 0. The molecule has 0 aliphatic carbocycles. The van der Waals surface area contributed by atoms with Gasteiger partial charge in [0.25, 0.3) is 0 Å². The molecular formula is C17H24N4O2S. The highest BCUT2D eigenvalue weighted by Gasteiger charge is 2.16. The van der Waals surface area contributed by atoms with Crippen molar-refractivity contribution in [2.45, 2.75) is 38.4 Å². The van der Waals surface area contributed by atoms with Gasteiger partial charge in [-0.05, 0) is 19.1 Å². The number of aromatic nitrogens is 3. The summed E-state index contributed by atoms with van der Waals surface area (Å²) in [6, 6.07) is 7.74. The van der Waals surface area contributed by atoms with Gasteiger partial charge in [0.15, 0.2) is 5.16 Å². The summed E-state index contributed by atoms with van der Waals surface area (Å²) in [5.41, 5.74) is 1.96. The van der Waals surface area contributed by atoms with Crippen molar-refractivity contribution in [2.24, 2.45) is 0 Å². The van der Waals surface area contributed by atoms with E-state index in [0.717, 1.165) is 22.2 Å². The number of benzene rings is 1. The van der Waals surface area contributed by atoms with Gasteiger partial charge in [0.2, 0.25) is 5.91 Å². The maximum atomic E-state index is 12.1. The number of amides is 1. The van der Waals surface area contributed by atoms with Crippen LogP contribution in [0.25, 0.3) is 0 Å². The van der Waals surface area contributed by atoms with Crippen molar-refractivity contribution in [3.8, 4) is 0 Å². The Hall–Kier alpha value is -1.86. The highest BCUT2D eigenvalue weighted by molar-refractivity contribution is 7.99. The lowest BCUT2D eigenvalue weighted by atomic mass is 10.2. The molecule has 1 amide bonds. The van der Waals surface area contributed by atoms with Crippen LogP contribution in [0.5, 0.6) is 0 Å². The number of nitrogens with zero attached hydrogens (tertiary/aromatic N) is 3. The van der Waals surface area contributed by atoms with Gasteiger partial charge < -0.3 is 14.6 Å². The molecule has 0 aliphatic heterocycles. The number of ether oxygens (including phenoxy) is 1. The molecule has 130 valence electrons. The fourth-order valence-corrected chi connectivity index (χ4v) is 2.96. The first-order valence-corrected chi connectivity index (χ1v) is 8.91. The van der Waals surface area contributed by atoms with Gasteiger partial charge in [-0.2, -0.15) is 0 Å². The molecule has 2 aromatic rings. The second kappa shape index (κ2) is 8.84. The number of aryl methyl sites for hydroxylation is 1. The molecule has 24 heavy (non-hydrogen) atoms. The second-order valence-corrected chi connectivity index (χ2v) is 6.79. The minimum Gasteiger partial charge on any atom is -0.383 e. The van der Waals surface area contributed by atoms with Gasteiger partial charge >= 0.3 is 0 Å². The summed E-state index contributed by atoms with van der Waals surface area (Å²) >= 11 is 1.39. The Kier molecular flexibility index (Phi) is 6.81. The van der Waals surface area contributed by atoms with E-state index in [4.69, 9.17) is 4.74 Å². The monoisotopic (exact) mass is 348 g/mol. The van der Waals surface area contributed by atoms with E-state index >= 15 is 0 Å². The van der Waals surface area contributed by atoms with Crippen molar-refractivity contribution in [2.75, 3.05) is 24.8 Å². The molecule has 0 atom stereocenters. The SMILES string of the molecule is COCCn1c(SCC(=O)Nc2ccc(C)cc2)nnc1C(C)C. The maximum absolute atomic E-state index is 12.1. The summed E-state index contributed by atoms with van der Waals surface area (Å²) in [5, 5.41) is 12.1. The zero-order chi connectivity index (χ0) is 17.5. The molecule has 0 aliphatic rings. The fourth-order valence-electron chi connectivity index (χ4n) is 2.19. The molecule has 1 aromatic carbocycles. The van der Waals surface area contributed by atoms with Crippen molar-refractivity contribution in [1.82, 2.24) is 14.8 Å². The smallest absolute Gasteiger partial charge is 0.234 e. The fraction of sp³-hybridized carbons (Fsp3) is 0.471. The van der Waals surface area contributed by atoms with Crippen LogP contribution in [0.3, 0.4) is 0 Å². The van der Waals surface area contributed by atoms with Gasteiger partial charge in [-0.25, -0.2) is 0 Å². The molecule has 7 heteroatoms. The third-order valence-electron chi connectivity index (χ3n) is 3.45. The van der Waals surface area contributed by atoms with Crippen LogP contribution >= 0.6 is 11.8 Å². The van der Waals surface area contributed by atoms with Crippen LogP contribution in [0, 0.1) is 6.92 Å². The zero-order valence-electron chi connectivity index (χ0n) is 14.6. The predicted molar refractivity (Wildman–Crippen MR) is 96.5 cm³/mol. The lowest BCUT2D eigenvalue weighted by Gasteiger charge is -2.11. The first-order valence-electron chi connectivity index (χ1n) is 7.92. The molecule has 6 nitrogen and oxygen atoms in total. The number of carbonyl (C=O) groups is 1. The molecule has 1 N–H and O–H groups in total. The number of hydrogen-bond acceptors (Lipinski definition) is 5. The summed E-state index contributed by atoms with van der Waals surface area (Å²) in [5.74, 6) is 1.41. The quantitative estimate of drug-likeness (QED) is 0.743. The van der Waals surface area contributed by atoms with Crippen molar-refractivity contribution >= 4 is 23.4 Å². The van der Waals surface area contributed by atoms with Crippen LogP contribution in [0.4, 0.5) is 5.69 Å². The van der Waals surface area contributed by atoms with E-state index in [2.05, 4.69) is 29.4 Å². The Morgan fingerprint density at radius 1 is 1.29 bits per heavy atom. The number of hydrogen-bond donors (Lipinski definition) is 1. The van der Waals surface area contributed by atoms with Gasteiger partial charge in [0, 0.05) is 25.3 Å². The molecule has 0 unspecified atom stereocenters. The first-order chi connectivity index (χ1) is 11.5. The first kappa shape index (κ1) is 18.5. The molecule has 0 radical (unpaired) electrons. The highest BCUT2D eigenvalue weighted by Crippen LogP contribution is 2.21. The summed E-state index contributed by atoms with van der Waals surface area (Å²) in [7, 11) is 1.67. The molecule has 0 saturated carbocycles. The third-order valence-corrected chi connectivity index (χ3v) is 4.42. The third kappa shape index (κ3) is 5.07. The molecule has 0 bridgehead atoms. The van der Waals surface area contributed by atoms with Crippen molar-refractivity contribution < 1.29 is 9.53 Å². The normalized spacial score (nSPS) is 11.0. The van der Waals surface area contributed by atoms with Gasteiger partial charge in [-0.3, -0.25) is 4.79 Å². The van der Waals surface area contributed by atoms with Gasteiger partial charge in [-0.15, -0.1) is 10.2 Å².